The Labute approximate surface area is 96.5 Å². The molecule has 0 aliphatic carbocycles. The van der Waals surface area contributed by atoms with Crippen LogP contribution in [-0.2, 0) is 0 Å². The third-order valence-corrected chi connectivity index (χ3v) is 2.37. The van der Waals surface area contributed by atoms with Crippen LogP contribution >= 0.6 is 0 Å². The van der Waals surface area contributed by atoms with Gasteiger partial charge in [-0.25, -0.2) is 9.59 Å². The van der Waals surface area contributed by atoms with Crippen LogP contribution < -0.4 is 0 Å². The van der Waals surface area contributed by atoms with Crippen LogP contribution in [0.5, 0.6) is 0 Å². The van der Waals surface area contributed by atoms with Crippen molar-refractivity contribution < 1.29 is 19.8 Å². The minimum absolute atomic E-state index is 0.214. The van der Waals surface area contributed by atoms with Gasteiger partial charge in [-0.1, -0.05) is 0 Å². The van der Waals surface area contributed by atoms with Gasteiger partial charge in [0.1, 0.15) is 0 Å². The van der Waals surface area contributed by atoms with Crippen molar-refractivity contribution in [2.24, 2.45) is 0 Å². The SMILES string of the molecule is O=C(O)c1ccc(-n2cccc2)cc1C(=O)O. The Kier molecular flexibility index (Phi) is 2.66. The monoisotopic (exact) mass is 231 g/mol. The van der Waals surface area contributed by atoms with Crippen LogP contribution in [-0.4, -0.2) is 26.7 Å². The number of carboxylic acids is 2. The lowest BCUT2D eigenvalue weighted by atomic mass is 10.1. The molecule has 0 saturated heterocycles. The zero-order valence-electron chi connectivity index (χ0n) is 8.70. The summed E-state index contributed by atoms with van der Waals surface area (Å²) in [6, 6.07) is 7.79. The second-order valence-corrected chi connectivity index (χ2v) is 3.43. The summed E-state index contributed by atoms with van der Waals surface area (Å²) in [4.78, 5) is 21.8. The molecule has 0 amide bonds. The first-order valence-electron chi connectivity index (χ1n) is 4.83. The highest BCUT2D eigenvalue weighted by Gasteiger charge is 2.16. The van der Waals surface area contributed by atoms with Crippen LogP contribution in [0, 0.1) is 0 Å². The molecule has 2 rings (SSSR count). The van der Waals surface area contributed by atoms with E-state index in [4.69, 9.17) is 10.2 Å². The zero-order chi connectivity index (χ0) is 12.4. The van der Waals surface area contributed by atoms with Crippen molar-refractivity contribution in [3.63, 3.8) is 0 Å². The Morgan fingerprint density at radius 3 is 2.06 bits per heavy atom. The van der Waals surface area contributed by atoms with Gasteiger partial charge >= 0.3 is 11.9 Å². The summed E-state index contributed by atoms with van der Waals surface area (Å²) in [6.07, 6.45) is 3.50. The molecule has 0 saturated carbocycles. The Morgan fingerprint density at radius 2 is 1.53 bits per heavy atom. The van der Waals surface area contributed by atoms with Gasteiger partial charge in [0, 0.05) is 18.1 Å². The second kappa shape index (κ2) is 4.13. The maximum Gasteiger partial charge on any atom is 0.336 e. The lowest BCUT2D eigenvalue weighted by Gasteiger charge is -2.06. The summed E-state index contributed by atoms with van der Waals surface area (Å²) in [5, 5.41) is 17.8. The molecule has 0 aliphatic rings. The maximum atomic E-state index is 11.0. The number of carboxylic acid groups (broad SMARTS) is 2. The van der Waals surface area contributed by atoms with Gasteiger partial charge in [-0.3, -0.25) is 0 Å². The van der Waals surface area contributed by atoms with E-state index < -0.39 is 11.9 Å². The first-order chi connectivity index (χ1) is 8.09. The van der Waals surface area contributed by atoms with Crippen molar-refractivity contribution in [1.29, 1.82) is 0 Å². The van der Waals surface area contributed by atoms with Crippen molar-refractivity contribution in [2.45, 2.75) is 0 Å². The highest BCUT2D eigenvalue weighted by Crippen LogP contribution is 2.16. The predicted molar refractivity (Wildman–Crippen MR) is 59.7 cm³/mol. The number of hydrogen-bond donors (Lipinski definition) is 2. The molecule has 86 valence electrons. The van der Waals surface area contributed by atoms with Crippen molar-refractivity contribution in [2.75, 3.05) is 0 Å². The molecule has 0 unspecified atom stereocenters. The number of carbonyl (C=O) groups is 2. The average Bonchev–Trinajstić information content (AvgIpc) is 2.81. The Balaban J connectivity index is 2.57. The van der Waals surface area contributed by atoms with Crippen LogP contribution in [0.4, 0.5) is 0 Å². The van der Waals surface area contributed by atoms with E-state index in [0.717, 1.165) is 0 Å². The van der Waals surface area contributed by atoms with Gasteiger partial charge in [0.15, 0.2) is 0 Å². The molecule has 2 aromatic rings. The molecule has 0 bridgehead atoms. The lowest BCUT2D eigenvalue weighted by molar-refractivity contribution is 0.0651. The normalized spacial score (nSPS) is 10.1. The van der Waals surface area contributed by atoms with Gasteiger partial charge in [0.05, 0.1) is 11.1 Å². The molecule has 1 aromatic heterocycles. The van der Waals surface area contributed by atoms with Gasteiger partial charge in [-0.05, 0) is 30.3 Å². The summed E-state index contributed by atoms with van der Waals surface area (Å²) >= 11 is 0. The number of benzene rings is 1. The highest BCUT2D eigenvalue weighted by molar-refractivity contribution is 6.02. The second-order valence-electron chi connectivity index (χ2n) is 3.43. The van der Waals surface area contributed by atoms with Crippen LogP contribution in [0.25, 0.3) is 5.69 Å². The first-order valence-corrected chi connectivity index (χ1v) is 4.83. The average molecular weight is 231 g/mol. The molecular weight excluding hydrogens is 222 g/mol. The predicted octanol–water partition coefficient (Wildman–Crippen LogP) is 1.87. The third-order valence-electron chi connectivity index (χ3n) is 2.37. The molecule has 17 heavy (non-hydrogen) atoms. The standard InChI is InChI=1S/C12H9NO4/c14-11(15)9-4-3-8(7-10(9)12(16)17)13-5-1-2-6-13/h1-7H,(H,14,15)(H,16,17). The van der Waals surface area contributed by atoms with Gasteiger partial charge in [0.25, 0.3) is 0 Å². The molecule has 5 heteroatoms. The fourth-order valence-electron chi connectivity index (χ4n) is 1.56. The number of hydrogen-bond acceptors (Lipinski definition) is 2. The minimum atomic E-state index is -1.25. The summed E-state index contributed by atoms with van der Waals surface area (Å²) in [6.45, 7) is 0. The first kappa shape index (κ1) is 10.9. The van der Waals surface area contributed by atoms with E-state index in [1.807, 2.05) is 0 Å². The highest BCUT2D eigenvalue weighted by atomic mass is 16.4. The molecule has 0 radical (unpaired) electrons. The van der Waals surface area contributed by atoms with Crippen molar-refractivity contribution in [3.8, 4) is 5.69 Å². The van der Waals surface area contributed by atoms with Crippen LogP contribution in [0.2, 0.25) is 0 Å². The lowest BCUT2D eigenvalue weighted by Crippen LogP contribution is -2.08. The molecule has 0 spiro atoms. The summed E-state index contributed by atoms with van der Waals surface area (Å²) in [7, 11) is 0. The fourth-order valence-corrected chi connectivity index (χ4v) is 1.56. The van der Waals surface area contributed by atoms with E-state index in [0.29, 0.717) is 5.69 Å². The molecule has 0 aliphatic heterocycles. The Bertz CT molecular complexity index is 572. The van der Waals surface area contributed by atoms with Crippen molar-refractivity contribution >= 4 is 11.9 Å². The molecule has 2 N–H and O–H groups in total. The van der Waals surface area contributed by atoms with E-state index in [1.54, 1.807) is 35.2 Å². The molecule has 0 fully saturated rings. The molecule has 1 aromatic carbocycles. The molecule has 1 heterocycles. The van der Waals surface area contributed by atoms with Crippen LogP contribution in [0.1, 0.15) is 20.7 Å². The quantitative estimate of drug-likeness (QED) is 0.845. The zero-order valence-corrected chi connectivity index (χ0v) is 8.70. The van der Waals surface area contributed by atoms with E-state index >= 15 is 0 Å². The smallest absolute Gasteiger partial charge is 0.336 e. The minimum Gasteiger partial charge on any atom is -0.478 e. The maximum absolute atomic E-state index is 11.0. The molecule has 5 nitrogen and oxygen atoms in total. The van der Waals surface area contributed by atoms with Gasteiger partial charge in [-0.15, -0.1) is 0 Å². The fraction of sp³-hybridized carbons (Fsp3) is 0. The molecule has 0 atom stereocenters. The van der Waals surface area contributed by atoms with Gasteiger partial charge in [-0.2, -0.15) is 0 Å². The van der Waals surface area contributed by atoms with Crippen molar-refractivity contribution in [1.82, 2.24) is 4.57 Å². The van der Waals surface area contributed by atoms with Crippen molar-refractivity contribution in [3.05, 3.63) is 53.9 Å². The Morgan fingerprint density at radius 1 is 0.941 bits per heavy atom. The summed E-state index contributed by atoms with van der Waals surface area (Å²) in [5.41, 5.74) is 0.175. The van der Waals surface area contributed by atoms with Gasteiger partial charge in [0.2, 0.25) is 0 Å². The number of rotatable bonds is 3. The largest absolute Gasteiger partial charge is 0.478 e. The Hall–Kier alpha value is -2.56. The van der Waals surface area contributed by atoms with E-state index in [9.17, 15) is 9.59 Å². The third kappa shape index (κ3) is 2.03. The van der Waals surface area contributed by atoms with Crippen LogP contribution in [0.3, 0.4) is 0 Å². The summed E-state index contributed by atoms with van der Waals surface area (Å²) in [5.74, 6) is -2.50. The topological polar surface area (TPSA) is 79.5 Å². The molecular formula is C12H9NO4. The van der Waals surface area contributed by atoms with Gasteiger partial charge < -0.3 is 14.8 Å². The van der Waals surface area contributed by atoms with Crippen LogP contribution in [0.15, 0.2) is 42.7 Å². The number of aromatic carboxylic acids is 2. The summed E-state index contributed by atoms with van der Waals surface area (Å²) < 4.78 is 1.71. The number of aromatic nitrogens is 1. The van der Waals surface area contributed by atoms with E-state index in [-0.39, 0.29) is 11.1 Å². The number of nitrogens with zero attached hydrogens (tertiary/aromatic N) is 1. The van der Waals surface area contributed by atoms with E-state index in [2.05, 4.69) is 0 Å². The van der Waals surface area contributed by atoms with E-state index in [1.165, 1.54) is 12.1 Å².